The van der Waals surface area contributed by atoms with E-state index in [1.165, 1.54) is 22.4 Å². The lowest BCUT2D eigenvalue weighted by Crippen LogP contribution is -2.25. The fourth-order valence-corrected chi connectivity index (χ4v) is 4.23. The molecule has 1 unspecified atom stereocenters. The van der Waals surface area contributed by atoms with E-state index in [0.717, 1.165) is 25.9 Å². The third kappa shape index (κ3) is 3.39. The van der Waals surface area contributed by atoms with Gasteiger partial charge >= 0.3 is 0 Å². The van der Waals surface area contributed by atoms with Crippen molar-refractivity contribution in [3.8, 4) is 5.69 Å². The Labute approximate surface area is 155 Å². The van der Waals surface area contributed by atoms with Gasteiger partial charge in [0, 0.05) is 12.4 Å². The van der Waals surface area contributed by atoms with E-state index in [1.54, 1.807) is 30.3 Å². The Morgan fingerprint density at radius 3 is 2.77 bits per heavy atom. The van der Waals surface area contributed by atoms with Crippen molar-refractivity contribution in [1.29, 1.82) is 0 Å². The smallest absolute Gasteiger partial charge is 0.266 e. The molecule has 0 bridgehead atoms. The Kier molecular flexibility index (Phi) is 5.04. The first-order valence-electron chi connectivity index (χ1n) is 8.75. The number of halogens is 1. The van der Waals surface area contributed by atoms with Gasteiger partial charge in [0.2, 0.25) is 0 Å². The van der Waals surface area contributed by atoms with Gasteiger partial charge in [-0.1, -0.05) is 36.0 Å². The number of nitrogens with zero attached hydrogens (tertiary/aromatic N) is 2. The predicted octanol–water partition coefficient (Wildman–Crippen LogP) is 4.19. The SMILES string of the molecule is O=c1c2ccccc2nc(SCC2CCCCO2)n1-c1ccccc1F. The number of fused-ring (bicyclic) bond motifs is 1. The summed E-state index contributed by atoms with van der Waals surface area (Å²) in [6.07, 6.45) is 3.39. The molecule has 1 fully saturated rings. The summed E-state index contributed by atoms with van der Waals surface area (Å²) in [4.78, 5) is 17.7. The molecule has 1 aromatic heterocycles. The Morgan fingerprint density at radius 1 is 1.15 bits per heavy atom. The van der Waals surface area contributed by atoms with Gasteiger partial charge in [-0.25, -0.2) is 9.37 Å². The maximum absolute atomic E-state index is 14.4. The molecule has 134 valence electrons. The van der Waals surface area contributed by atoms with E-state index in [0.29, 0.717) is 21.8 Å². The van der Waals surface area contributed by atoms with Crippen LogP contribution < -0.4 is 5.56 Å². The van der Waals surface area contributed by atoms with Crippen molar-refractivity contribution in [3.05, 3.63) is 64.7 Å². The predicted molar refractivity (Wildman–Crippen MR) is 102 cm³/mol. The first-order valence-corrected chi connectivity index (χ1v) is 9.74. The molecule has 1 atom stereocenters. The highest BCUT2D eigenvalue weighted by Gasteiger charge is 2.19. The Bertz CT molecular complexity index is 983. The van der Waals surface area contributed by atoms with E-state index in [9.17, 15) is 9.18 Å². The molecule has 3 aromatic rings. The van der Waals surface area contributed by atoms with E-state index in [-0.39, 0.29) is 17.4 Å². The number of benzene rings is 2. The Balaban J connectivity index is 1.80. The topological polar surface area (TPSA) is 44.1 Å². The van der Waals surface area contributed by atoms with E-state index >= 15 is 0 Å². The molecule has 0 N–H and O–H groups in total. The third-order valence-corrected chi connectivity index (χ3v) is 5.58. The van der Waals surface area contributed by atoms with Crippen molar-refractivity contribution < 1.29 is 9.13 Å². The van der Waals surface area contributed by atoms with Crippen molar-refractivity contribution in [2.24, 2.45) is 0 Å². The van der Waals surface area contributed by atoms with E-state index in [2.05, 4.69) is 4.98 Å². The fraction of sp³-hybridized carbons (Fsp3) is 0.300. The van der Waals surface area contributed by atoms with Gasteiger partial charge in [-0.2, -0.15) is 0 Å². The number of hydrogen-bond acceptors (Lipinski definition) is 4. The van der Waals surface area contributed by atoms with E-state index in [1.807, 2.05) is 12.1 Å². The highest BCUT2D eigenvalue weighted by atomic mass is 32.2. The highest BCUT2D eigenvalue weighted by molar-refractivity contribution is 7.99. The van der Waals surface area contributed by atoms with Crippen LogP contribution in [-0.2, 0) is 4.74 Å². The van der Waals surface area contributed by atoms with Crippen LogP contribution in [0.1, 0.15) is 19.3 Å². The molecule has 1 aliphatic heterocycles. The summed E-state index contributed by atoms with van der Waals surface area (Å²) in [7, 11) is 0. The minimum atomic E-state index is -0.442. The zero-order chi connectivity index (χ0) is 17.9. The van der Waals surface area contributed by atoms with Gasteiger partial charge in [-0.05, 0) is 43.5 Å². The third-order valence-electron chi connectivity index (χ3n) is 4.51. The minimum Gasteiger partial charge on any atom is -0.377 e. The zero-order valence-electron chi connectivity index (χ0n) is 14.2. The van der Waals surface area contributed by atoms with E-state index in [4.69, 9.17) is 4.74 Å². The van der Waals surface area contributed by atoms with Crippen LogP contribution in [0.4, 0.5) is 4.39 Å². The molecule has 1 aliphatic rings. The maximum Gasteiger partial charge on any atom is 0.266 e. The molecule has 0 amide bonds. The molecule has 4 nitrogen and oxygen atoms in total. The van der Waals surface area contributed by atoms with E-state index < -0.39 is 5.82 Å². The van der Waals surface area contributed by atoms with Crippen molar-refractivity contribution in [1.82, 2.24) is 9.55 Å². The lowest BCUT2D eigenvalue weighted by Gasteiger charge is -2.22. The quantitative estimate of drug-likeness (QED) is 0.510. The van der Waals surface area contributed by atoms with Gasteiger partial charge in [0.05, 0.1) is 22.7 Å². The van der Waals surface area contributed by atoms with Crippen LogP contribution in [0.15, 0.2) is 58.5 Å². The summed E-state index contributed by atoms with van der Waals surface area (Å²) < 4.78 is 21.6. The van der Waals surface area contributed by atoms with Crippen LogP contribution >= 0.6 is 11.8 Å². The molecule has 2 aromatic carbocycles. The normalized spacial score (nSPS) is 17.5. The van der Waals surface area contributed by atoms with Crippen LogP contribution in [0.25, 0.3) is 16.6 Å². The van der Waals surface area contributed by atoms with Crippen molar-refractivity contribution in [3.63, 3.8) is 0 Å². The fourth-order valence-electron chi connectivity index (χ4n) is 3.16. The number of ether oxygens (including phenoxy) is 1. The minimum absolute atomic E-state index is 0.145. The van der Waals surface area contributed by atoms with Crippen molar-refractivity contribution in [2.75, 3.05) is 12.4 Å². The van der Waals surface area contributed by atoms with Gasteiger partial charge in [0.15, 0.2) is 5.16 Å². The van der Waals surface area contributed by atoms with Gasteiger partial charge in [-0.3, -0.25) is 9.36 Å². The maximum atomic E-state index is 14.4. The van der Waals surface area contributed by atoms with Gasteiger partial charge in [-0.15, -0.1) is 0 Å². The molecular weight excluding hydrogens is 351 g/mol. The average molecular weight is 370 g/mol. The summed E-state index contributed by atoms with van der Waals surface area (Å²) in [5.74, 6) is 0.252. The molecule has 0 aliphatic carbocycles. The van der Waals surface area contributed by atoms with Gasteiger partial charge in [0.25, 0.3) is 5.56 Å². The van der Waals surface area contributed by atoms with Crippen LogP contribution in [0.5, 0.6) is 0 Å². The van der Waals surface area contributed by atoms with Crippen molar-refractivity contribution >= 4 is 22.7 Å². The summed E-state index contributed by atoms with van der Waals surface area (Å²) in [5, 5.41) is 0.974. The number of para-hydroxylation sites is 2. The second-order valence-corrected chi connectivity index (χ2v) is 7.29. The first-order chi connectivity index (χ1) is 12.7. The second kappa shape index (κ2) is 7.60. The van der Waals surface area contributed by atoms with Crippen LogP contribution in [0, 0.1) is 5.82 Å². The molecular formula is C20H19FN2O2S. The largest absolute Gasteiger partial charge is 0.377 e. The number of rotatable bonds is 4. The molecule has 4 rings (SSSR count). The lowest BCUT2D eigenvalue weighted by atomic mass is 10.1. The van der Waals surface area contributed by atoms with Crippen LogP contribution in [0.3, 0.4) is 0 Å². The molecule has 0 radical (unpaired) electrons. The average Bonchev–Trinajstić information content (AvgIpc) is 2.68. The van der Waals surface area contributed by atoms with Crippen molar-refractivity contribution in [2.45, 2.75) is 30.5 Å². The highest BCUT2D eigenvalue weighted by Crippen LogP contribution is 2.26. The molecule has 6 heteroatoms. The number of aromatic nitrogens is 2. The summed E-state index contributed by atoms with van der Waals surface area (Å²) in [6, 6.07) is 13.5. The number of hydrogen-bond donors (Lipinski definition) is 0. The monoisotopic (exact) mass is 370 g/mol. The summed E-state index contributed by atoms with van der Waals surface area (Å²) in [6.45, 7) is 0.774. The summed E-state index contributed by atoms with van der Waals surface area (Å²) in [5.41, 5.74) is 0.590. The molecule has 0 saturated carbocycles. The Morgan fingerprint density at radius 2 is 1.96 bits per heavy atom. The molecule has 26 heavy (non-hydrogen) atoms. The number of thioether (sulfide) groups is 1. The molecule has 1 saturated heterocycles. The first kappa shape index (κ1) is 17.2. The molecule has 0 spiro atoms. The second-order valence-electron chi connectivity index (χ2n) is 6.30. The van der Waals surface area contributed by atoms with Gasteiger partial charge < -0.3 is 4.74 Å². The zero-order valence-corrected chi connectivity index (χ0v) is 15.0. The van der Waals surface area contributed by atoms with Crippen LogP contribution in [-0.4, -0.2) is 28.0 Å². The van der Waals surface area contributed by atoms with Gasteiger partial charge in [0.1, 0.15) is 5.82 Å². The Hall–Kier alpha value is -2.18. The van der Waals surface area contributed by atoms with Crippen LogP contribution in [0.2, 0.25) is 0 Å². The molecule has 2 heterocycles. The lowest BCUT2D eigenvalue weighted by molar-refractivity contribution is 0.0315. The summed E-state index contributed by atoms with van der Waals surface area (Å²) >= 11 is 1.45. The standard InChI is InChI=1S/C20H19FN2O2S/c21-16-9-2-4-11-18(16)23-19(24)15-8-1-3-10-17(15)22-20(23)26-13-14-7-5-6-12-25-14/h1-4,8-11,14H,5-7,12-13H2.